The summed E-state index contributed by atoms with van der Waals surface area (Å²) in [4.78, 5) is 37.7. The molecule has 2 aliphatic heterocycles. The summed E-state index contributed by atoms with van der Waals surface area (Å²) in [6.07, 6.45) is -0.0477. The van der Waals surface area contributed by atoms with Crippen LogP contribution in [0.3, 0.4) is 0 Å². The van der Waals surface area contributed by atoms with Gasteiger partial charge in [-0.05, 0) is 31.5 Å². The molecule has 1 aromatic rings. The normalized spacial score (nSPS) is 28.2. The van der Waals surface area contributed by atoms with Gasteiger partial charge >= 0.3 is 5.97 Å². The lowest BCUT2D eigenvalue weighted by Crippen LogP contribution is -2.63. The monoisotopic (exact) mass is 366 g/mol. The fourth-order valence-corrected chi connectivity index (χ4v) is 5.16. The molecule has 2 saturated heterocycles. The molecule has 25 heavy (non-hydrogen) atoms. The molecule has 4 atom stereocenters. The molecule has 134 valence electrons. The number of carboxylic acids is 1. The zero-order valence-electron chi connectivity index (χ0n) is 13.8. The maximum atomic E-state index is 13.0. The van der Waals surface area contributed by atoms with Crippen molar-refractivity contribution in [2.24, 2.45) is 11.7 Å². The number of β-lactam (4-membered cyclic amide) rings is 1. The summed E-state index contributed by atoms with van der Waals surface area (Å²) < 4.78 is 12.3. The number of carbonyl (C=O) groups is 3. The third kappa shape index (κ3) is 2.93. The zero-order valence-corrected chi connectivity index (χ0v) is 14.6. The predicted molar refractivity (Wildman–Crippen MR) is 90.2 cm³/mol. The van der Waals surface area contributed by atoms with Crippen LogP contribution in [0.25, 0.3) is 0 Å². The van der Waals surface area contributed by atoms with E-state index in [-0.39, 0.29) is 23.5 Å². The van der Waals surface area contributed by atoms with Gasteiger partial charge in [0.25, 0.3) is 0 Å². The molecule has 2 fully saturated rings. The largest absolute Gasteiger partial charge is 0.480 e. The lowest BCUT2D eigenvalue weighted by Gasteiger charge is -2.43. The summed E-state index contributed by atoms with van der Waals surface area (Å²) in [6.45, 7) is 3.57. The number of amides is 1. The van der Waals surface area contributed by atoms with E-state index in [0.717, 1.165) is 0 Å². The highest BCUT2D eigenvalue weighted by Gasteiger charge is 2.63. The van der Waals surface area contributed by atoms with Crippen LogP contribution >= 0.6 is 11.8 Å². The minimum Gasteiger partial charge on any atom is -0.480 e. The Labute approximate surface area is 148 Å². The van der Waals surface area contributed by atoms with Crippen LogP contribution in [0, 0.1) is 11.7 Å². The molecule has 0 aliphatic carbocycles. The lowest BCUT2D eigenvalue weighted by atomic mass is 9.86. The molecule has 2 heterocycles. The summed E-state index contributed by atoms with van der Waals surface area (Å²) >= 11 is 1.40. The van der Waals surface area contributed by atoms with Crippen LogP contribution in [0.1, 0.15) is 31.9 Å². The molecule has 8 heteroatoms. The first kappa shape index (κ1) is 17.9. The molecule has 0 bridgehead atoms. The van der Waals surface area contributed by atoms with Gasteiger partial charge in [-0.25, -0.2) is 9.18 Å². The van der Waals surface area contributed by atoms with Crippen LogP contribution in [0.15, 0.2) is 24.3 Å². The fraction of sp³-hybridized carbons (Fsp3) is 0.471. The number of rotatable bonds is 5. The standard InChI is InChI=1S/C17H19FN2O4S/c1-17(2)13(16(23)24)20-14(22)10(15(20)25-17)7-11(21)12(19)8-3-5-9(18)6-4-8/h3-6,10,12-13,15H,7,19H2,1-2H3,(H,23,24)/t10-,12-,13+,15-/m1/s1. The van der Waals surface area contributed by atoms with Crippen LogP contribution < -0.4 is 5.73 Å². The Bertz CT molecular complexity index is 737. The molecule has 0 aromatic heterocycles. The Balaban J connectivity index is 1.70. The van der Waals surface area contributed by atoms with E-state index in [1.54, 1.807) is 13.8 Å². The minimum absolute atomic E-state index is 0.0477. The van der Waals surface area contributed by atoms with Crippen molar-refractivity contribution in [1.29, 1.82) is 0 Å². The topological polar surface area (TPSA) is 101 Å². The Hall–Kier alpha value is -1.93. The average molecular weight is 366 g/mol. The van der Waals surface area contributed by atoms with Crippen LogP contribution in [0.2, 0.25) is 0 Å². The van der Waals surface area contributed by atoms with Crippen LogP contribution in [0.5, 0.6) is 0 Å². The van der Waals surface area contributed by atoms with Gasteiger partial charge in [0.1, 0.15) is 11.9 Å². The number of nitrogens with two attached hydrogens (primary N) is 1. The smallest absolute Gasteiger partial charge is 0.327 e. The van der Waals surface area contributed by atoms with Crippen LogP contribution in [0.4, 0.5) is 4.39 Å². The van der Waals surface area contributed by atoms with Gasteiger partial charge in [0.2, 0.25) is 5.91 Å². The van der Waals surface area contributed by atoms with E-state index in [4.69, 9.17) is 5.73 Å². The van der Waals surface area contributed by atoms with Gasteiger partial charge in [-0.1, -0.05) is 12.1 Å². The van der Waals surface area contributed by atoms with E-state index in [9.17, 15) is 23.9 Å². The van der Waals surface area contributed by atoms with Crippen molar-refractivity contribution in [3.8, 4) is 0 Å². The van der Waals surface area contributed by atoms with Crippen molar-refractivity contribution >= 4 is 29.4 Å². The van der Waals surface area contributed by atoms with E-state index in [2.05, 4.69) is 0 Å². The molecular weight excluding hydrogens is 347 g/mol. The molecule has 6 nitrogen and oxygen atoms in total. The van der Waals surface area contributed by atoms with Gasteiger partial charge in [-0.3, -0.25) is 9.59 Å². The third-order valence-electron chi connectivity index (χ3n) is 4.78. The second-order valence-electron chi connectivity index (χ2n) is 6.90. The number of halogens is 1. The molecule has 1 aromatic carbocycles. The van der Waals surface area contributed by atoms with Crippen molar-refractivity contribution in [1.82, 2.24) is 4.90 Å². The number of carbonyl (C=O) groups excluding carboxylic acids is 2. The van der Waals surface area contributed by atoms with Gasteiger partial charge in [-0.15, -0.1) is 11.8 Å². The maximum absolute atomic E-state index is 13.0. The van der Waals surface area contributed by atoms with Crippen LogP contribution in [-0.2, 0) is 14.4 Å². The number of Topliss-reactive ketones (excluding diaryl/α,β-unsaturated/α-hetero) is 1. The second kappa shape index (κ2) is 6.10. The molecular formula is C17H19FN2O4S. The first-order chi connectivity index (χ1) is 11.6. The summed E-state index contributed by atoms with van der Waals surface area (Å²) in [7, 11) is 0. The van der Waals surface area contributed by atoms with E-state index < -0.39 is 34.5 Å². The fourth-order valence-electron chi connectivity index (χ4n) is 3.48. The molecule has 3 N–H and O–H groups in total. The summed E-state index contributed by atoms with van der Waals surface area (Å²) in [5, 5.41) is 9.07. The highest BCUT2D eigenvalue weighted by Crippen LogP contribution is 2.54. The molecule has 3 rings (SSSR count). The average Bonchev–Trinajstić information content (AvgIpc) is 2.80. The summed E-state index contributed by atoms with van der Waals surface area (Å²) in [5.41, 5.74) is 6.41. The first-order valence-electron chi connectivity index (χ1n) is 7.90. The van der Waals surface area contributed by atoms with Crippen molar-refractivity contribution < 1.29 is 23.9 Å². The summed E-state index contributed by atoms with van der Waals surface area (Å²) in [6, 6.07) is 3.52. The molecule has 0 spiro atoms. The van der Waals surface area contributed by atoms with Crippen molar-refractivity contribution in [2.75, 3.05) is 0 Å². The van der Waals surface area contributed by atoms with Gasteiger partial charge in [0, 0.05) is 11.2 Å². The SMILES string of the molecule is CC1(C)S[C@@H]2[C@H](CC(=O)[C@H](N)c3ccc(F)cc3)C(=O)N2[C@H]1C(=O)O. The number of hydrogen-bond donors (Lipinski definition) is 2. The Morgan fingerprint density at radius 2 is 1.96 bits per heavy atom. The zero-order chi connectivity index (χ0) is 18.5. The number of ketones is 1. The number of nitrogens with zero attached hydrogens (tertiary/aromatic N) is 1. The minimum atomic E-state index is -1.04. The molecule has 1 amide bonds. The molecule has 0 unspecified atom stereocenters. The van der Waals surface area contributed by atoms with Crippen LogP contribution in [-0.4, -0.2) is 43.8 Å². The van der Waals surface area contributed by atoms with Crippen molar-refractivity contribution in [3.05, 3.63) is 35.6 Å². The number of aliphatic carboxylic acids is 1. The Kier molecular flexibility index (Phi) is 4.36. The Morgan fingerprint density at radius 1 is 1.36 bits per heavy atom. The van der Waals surface area contributed by atoms with Gasteiger partial charge in [-0.2, -0.15) is 0 Å². The number of benzene rings is 1. The van der Waals surface area contributed by atoms with Gasteiger partial charge in [0.05, 0.1) is 17.3 Å². The molecule has 0 radical (unpaired) electrons. The lowest BCUT2D eigenvalue weighted by molar-refractivity contribution is -0.164. The quantitative estimate of drug-likeness (QED) is 0.767. The van der Waals surface area contributed by atoms with Gasteiger partial charge < -0.3 is 15.7 Å². The second-order valence-corrected chi connectivity index (χ2v) is 8.68. The highest BCUT2D eigenvalue weighted by molar-refractivity contribution is 8.01. The summed E-state index contributed by atoms with van der Waals surface area (Å²) in [5.74, 6) is -2.66. The van der Waals surface area contributed by atoms with E-state index >= 15 is 0 Å². The van der Waals surface area contributed by atoms with Gasteiger partial charge in [0.15, 0.2) is 5.78 Å². The number of thioether (sulfide) groups is 1. The number of carboxylic acid groups (broad SMARTS) is 1. The van der Waals surface area contributed by atoms with Crippen molar-refractivity contribution in [2.45, 2.75) is 42.5 Å². The Morgan fingerprint density at radius 3 is 2.52 bits per heavy atom. The third-order valence-corrected chi connectivity index (χ3v) is 6.41. The van der Waals surface area contributed by atoms with Crippen molar-refractivity contribution in [3.63, 3.8) is 0 Å². The van der Waals surface area contributed by atoms with E-state index in [1.165, 1.54) is 40.9 Å². The predicted octanol–water partition coefficient (Wildman–Crippen LogP) is 1.55. The molecule has 2 aliphatic rings. The maximum Gasteiger partial charge on any atom is 0.327 e. The van der Waals surface area contributed by atoms with E-state index in [0.29, 0.717) is 5.56 Å². The highest BCUT2D eigenvalue weighted by atomic mass is 32.2. The number of hydrogen-bond acceptors (Lipinski definition) is 5. The first-order valence-corrected chi connectivity index (χ1v) is 8.78. The number of fused-ring (bicyclic) bond motifs is 1. The van der Waals surface area contributed by atoms with E-state index in [1.807, 2.05) is 0 Å². The molecule has 0 saturated carbocycles.